The summed E-state index contributed by atoms with van der Waals surface area (Å²) < 4.78 is 28.5. The minimum Gasteiger partial charge on any atom is -0.379 e. The quantitative estimate of drug-likeness (QED) is 0.679. The predicted octanol–water partition coefficient (Wildman–Crippen LogP) is -0.136. The smallest absolute Gasteiger partial charge is 0.275 e. The Morgan fingerprint density at radius 2 is 2.19 bits per heavy atom. The van der Waals surface area contributed by atoms with Gasteiger partial charge in [-0.05, 0) is 25.7 Å². The van der Waals surface area contributed by atoms with Crippen molar-refractivity contribution in [3.8, 4) is 0 Å². The highest BCUT2D eigenvalue weighted by Crippen LogP contribution is 2.28. The van der Waals surface area contributed by atoms with E-state index in [9.17, 15) is 13.2 Å². The number of rotatable bonds is 7. The molecule has 0 unspecified atom stereocenters. The zero-order chi connectivity index (χ0) is 15.6. The molecule has 21 heavy (non-hydrogen) atoms. The predicted molar refractivity (Wildman–Crippen MR) is 75.2 cm³/mol. The first-order valence-corrected chi connectivity index (χ1v) is 8.26. The van der Waals surface area contributed by atoms with Gasteiger partial charge in [0, 0.05) is 20.2 Å². The number of aryl methyl sites for hydroxylation is 1. The summed E-state index contributed by atoms with van der Waals surface area (Å²) in [6.45, 7) is 2.99. The first-order valence-electron chi connectivity index (χ1n) is 6.71. The molecule has 0 radical (unpaired) electrons. The van der Waals surface area contributed by atoms with Gasteiger partial charge in [-0.15, -0.1) is 0 Å². The SMILES string of the molecule is Cc1[nH]nc(C(=O)N(C)CCOCC2CC2)c1S(N)(=O)=O. The Morgan fingerprint density at radius 3 is 2.76 bits per heavy atom. The van der Waals surface area contributed by atoms with Crippen molar-refractivity contribution in [2.24, 2.45) is 11.1 Å². The third-order valence-electron chi connectivity index (χ3n) is 3.35. The molecular formula is C12H20N4O4S. The molecule has 118 valence electrons. The molecule has 1 aliphatic carbocycles. The van der Waals surface area contributed by atoms with E-state index in [1.165, 1.54) is 24.7 Å². The Morgan fingerprint density at radius 1 is 1.52 bits per heavy atom. The van der Waals surface area contributed by atoms with Crippen molar-refractivity contribution >= 4 is 15.9 Å². The zero-order valence-corrected chi connectivity index (χ0v) is 12.9. The van der Waals surface area contributed by atoms with E-state index in [2.05, 4.69) is 10.2 Å². The van der Waals surface area contributed by atoms with Gasteiger partial charge in [-0.3, -0.25) is 9.89 Å². The minimum absolute atomic E-state index is 0.181. The van der Waals surface area contributed by atoms with E-state index in [-0.39, 0.29) is 16.3 Å². The molecule has 0 bridgehead atoms. The van der Waals surface area contributed by atoms with Crippen LogP contribution in [-0.2, 0) is 14.8 Å². The number of amides is 1. The van der Waals surface area contributed by atoms with E-state index >= 15 is 0 Å². The summed E-state index contributed by atoms with van der Waals surface area (Å²) in [4.78, 5) is 13.4. The Hall–Kier alpha value is -1.45. The van der Waals surface area contributed by atoms with Crippen molar-refractivity contribution in [3.63, 3.8) is 0 Å². The number of sulfonamides is 1. The number of carbonyl (C=O) groups is 1. The Kier molecular flexibility index (Phi) is 4.64. The van der Waals surface area contributed by atoms with Crippen LogP contribution in [0.3, 0.4) is 0 Å². The van der Waals surface area contributed by atoms with E-state index in [0.29, 0.717) is 25.7 Å². The largest absolute Gasteiger partial charge is 0.379 e. The molecule has 1 fully saturated rings. The summed E-state index contributed by atoms with van der Waals surface area (Å²) in [5.74, 6) is 0.160. The van der Waals surface area contributed by atoms with Crippen molar-refractivity contribution < 1.29 is 17.9 Å². The van der Waals surface area contributed by atoms with Gasteiger partial charge in [-0.1, -0.05) is 0 Å². The lowest BCUT2D eigenvalue weighted by molar-refractivity contribution is 0.0673. The van der Waals surface area contributed by atoms with E-state index < -0.39 is 15.9 Å². The minimum atomic E-state index is -4.00. The van der Waals surface area contributed by atoms with E-state index in [4.69, 9.17) is 9.88 Å². The molecule has 0 atom stereocenters. The van der Waals surface area contributed by atoms with Crippen LogP contribution in [0.5, 0.6) is 0 Å². The van der Waals surface area contributed by atoms with E-state index in [1.807, 2.05) is 0 Å². The Labute approximate surface area is 123 Å². The zero-order valence-electron chi connectivity index (χ0n) is 12.1. The number of hydrogen-bond acceptors (Lipinski definition) is 5. The van der Waals surface area contributed by atoms with E-state index in [1.54, 1.807) is 7.05 Å². The van der Waals surface area contributed by atoms with Gasteiger partial charge in [0.05, 0.1) is 12.3 Å². The van der Waals surface area contributed by atoms with Crippen LogP contribution in [0.4, 0.5) is 0 Å². The molecule has 1 heterocycles. The lowest BCUT2D eigenvalue weighted by Gasteiger charge is -2.16. The lowest BCUT2D eigenvalue weighted by Crippen LogP contribution is -2.32. The summed E-state index contributed by atoms with van der Waals surface area (Å²) in [5.41, 5.74) is 0.0685. The molecule has 1 aliphatic rings. The van der Waals surface area contributed by atoms with Crippen LogP contribution in [0.15, 0.2) is 4.90 Å². The maximum Gasteiger partial charge on any atom is 0.275 e. The molecule has 1 aromatic heterocycles. The van der Waals surface area contributed by atoms with Gasteiger partial charge >= 0.3 is 0 Å². The number of aromatic amines is 1. The summed E-state index contributed by atoms with van der Waals surface area (Å²) in [7, 11) is -2.43. The van der Waals surface area contributed by atoms with Crippen LogP contribution in [0.1, 0.15) is 29.0 Å². The molecule has 0 aromatic carbocycles. The van der Waals surface area contributed by atoms with Crippen molar-refractivity contribution in [1.82, 2.24) is 15.1 Å². The van der Waals surface area contributed by atoms with Crippen LogP contribution in [0.25, 0.3) is 0 Å². The van der Waals surface area contributed by atoms with Crippen molar-refractivity contribution in [2.75, 3.05) is 26.8 Å². The number of carbonyl (C=O) groups excluding carboxylic acids is 1. The number of aromatic nitrogens is 2. The van der Waals surface area contributed by atoms with Gasteiger partial charge in [0.15, 0.2) is 5.69 Å². The average molecular weight is 316 g/mol. The summed E-state index contributed by atoms with van der Waals surface area (Å²) in [6.07, 6.45) is 2.41. The molecule has 0 aliphatic heterocycles. The Balaban J connectivity index is 1.98. The van der Waals surface area contributed by atoms with Gasteiger partial charge in [-0.2, -0.15) is 5.10 Å². The third-order valence-corrected chi connectivity index (χ3v) is 4.41. The van der Waals surface area contributed by atoms with Gasteiger partial charge in [0.1, 0.15) is 4.90 Å². The van der Waals surface area contributed by atoms with Crippen molar-refractivity contribution in [1.29, 1.82) is 0 Å². The molecule has 0 saturated heterocycles. The van der Waals surface area contributed by atoms with Crippen LogP contribution >= 0.6 is 0 Å². The molecule has 1 saturated carbocycles. The molecule has 3 N–H and O–H groups in total. The number of primary sulfonamides is 1. The summed E-state index contributed by atoms with van der Waals surface area (Å²) in [5, 5.41) is 11.4. The Bertz CT molecular complexity index is 621. The van der Waals surface area contributed by atoms with Crippen molar-refractivity contribution in [3.05, 3.63) is 11.4 Å². The first-order chi connectivity index (χ1) is 9.80. The number of H-pyrrole nitrogens is 1. The fourth-order valence-electron chi connectivity index (χ4n) is 1.93. The number of ether oxygens (including phenoxy) is 1. The molecule has 8 nitrogen and oxygen atoms in total. The number of nitrogens with two attached hydrogens (primary N) is 1. The monoisotopic (exact) mass is 316 g/mol. The topological polar surface area (TPSA) is 118 Å². The standard InChI is InChI=1S/C12H20N4O4S/c1-8-11(21(13,18)19)10(15-14-8)12(17)16(2)5-6-20-7-9-3-4-9/h9H,3-7H2,1-2H3,(H,14,15)(H2,13,18,19). The second kappa shape index (κ2) is 6.12. The summed E-state index contributed by atoms with van der Waals surface area (Å²) >= 11 is 0. The van der Waals surface area contributed by atoms with Gasteiger partial charge in [0.25, 0.3) is 5.91 Å². The van der Waals surface area contributed by atoms with Crippen molar-refractivity contribution in [2.45, 2.75) is 24.7 Å². The van der Waals surface area contributed by atoms with Gasteiger partial charge < -0.3 is 9.64 Å². The molecule has 1 amide bonds. The number of hydrogen-bond donors (Lipinski definition) is 2. The van der Waals surface area contributed by atoms with Gasteiger partial charge in [0.2, 0.25) is 10.0 Å². The van der Waals surface area contributed by atoms with Gasteiger partial charge in [-0.25, -0.2) is 13.6 Å². The van der Waals surface area contributed by atoms with Crippen LogP contribution in [0.2, 0.25) is 0 Å². The first kappa shape index (κ1) is 15.9. The van der Waals surface area contributed by atoms with E-state index in [0.717, 1.165) is 0 Å². The maximum absolute atomic E-state index is 12.2. The highest BCUT2D eigenvalue weighted by Gasteiger charge is 2.27. The highest BCUT2D eigenvalue weighted by molar-refractivity contribution is 7.89. The lowest BCUT2D eigenvalue weighted by atomic mass is 10.3. The molecule has 9 heteroatoms. The number of nitrogens with zero attached hydrogens (tertiary/aromatic N) is 2. The molecular weight excluding hydrogens is 296 g/mol. The average Bonchev–Trinajstić information content (AvgIpc) is 3.13. The number of likely N-dealkylation sites (N-methyl/N-ethyl adjacent to an activating group) is 1. The second-order valence-corrected chi connectivity index (χ2v) is 6.81. The van der Waals surface area contributed by atoms with Crippen LogP contribution in [0, 0.1) is 12.8 Å². The fourth-order valence-corrected chi connectivity index (χ4v) is 2.81. The molecule has 1 aromatic rings. The molecule has 2 rings (SSSR count). The third kappa shape index (κ3) is 4.02. The fraction of sp³-hybridized carbons (Fsp3) is 0.667. The normalized spacial score (nSPS) is 15.2. The summed E-state index contributed by atoms with van der Waals surface area (Å²) in [6, 6.07) is 0. The van der Waals surface area contributed by atoms with Crippen LogP contribution < -0.4 is 5.14 Å². The molecule has 0 spiro atoms. The maximum atomic E-state index is 12.2. The number of nitrogens with one attached hydrogen (secondary N) is 1. The second-order valence-electron chi connectivity index (χ2n) is 5.32. The van der Waals surface area contributed by atoms with Crippen LogP contribution in [-0.4, -0.2) is 56.2 Å². The highest BCUT2D eigenvalue weighted by atomic mass is 32.2.